The van der Waals surface area contributed by atoms with Crippen LogP contribution in [0.1, 0.15) is 31.0 Å². The lowest BCUT2D eigenvalue weighted by Gasteiger charge is -2.34. The highest BCUT2D eigenvalue weighted by molar-refractivity contribution is 14.0. The second kappa shape index (κ2) is 11.3. The molecule has 0 aliphatic carbocycles. The Labute approximate surface area is 202 Å². The van der Waals surface area contributed by atoms with E-state index in [-0.39, 0.29) is 24.0 Å². The van der Waals surface area contributed by atoms with E-state index in [9.17, 15) is 0 Å². The Bertz CT molecular complexity index is 1010. The lowest BCUT2D eigenvalue weighted by molar-refractivity contribution is 0.459. The number of benzene rings is 2. The number of guanidine groups is 1. The average Bonchev–Trinajstić information content (AvgIpc) is 2.78. The number of rotatable bonds is 5. The first-order valence-electron chi connectivity index (χ1n) is 10.9. The van der Waals surface area contributed by atoms with Gasteiger partial charge >= 0.3 is 0 Å². The summed E-state index contributed by atoms with van der Waals surface area (Å²) in [5.41, 5.74) is 2.33. The van der Waals surface area contributed by atoms with Crippen LogP contribution >= 0.6 is 24.0 Å². The second-order valence-corrected chi connectivity index (χ2v) is 7.88. The van der Waals surface area contributed by atoms with E-state index in [1.54, 1.807) is 0 Å². The zero-order valence-corrected chi connectivity index (χ0v) is 20.7. The third kappa shape index (κ3) is 6.09. The van der Waals surface area contributed by atoms with Crippen molar-refractivity contribution in [2.75, 3.05) is 24.5 Å². The van der Waals surface area contributed by atoms with Crippen molar-refractivity contribution in [3.63, 3.8) is 0 Å². The molecule has 2 aromatic carbocycles. The Morgan fingerprint density at radius 1 is 1.03 bits per heavy atom. The fourth-order valence-corrected chi connectivity index (χ4v) is 4.07. The standard InChI is InChI=1S/C25H31N5.HI/c1-3-26-25(27-18-21-11-7-10-20-9-4-5-12-23(20)21)29-22-14-16-30(17-15-22)24-13-6-8-19(2)28-24;/h4-13,22H,3,14-18H2,1-2H3,(H2,26,27,29);1H. The molecule has 0 amide bonds. The maximum Gasteiger partial charge on any atom is 0.191 e. The first-order valence-corrected chi connectivity index (χ1v) is 10.9. The van der Waals surface area contributed by atoms with Crippen LogP contribution in [-0.2, 0) is 6.54 Å². The average molecular weight is 529 g/mol. The Balaban J connectivity index is 0.00000272. The van der Waals surface area contributed by atoms with Gasteiger partial charge in [0.25, 0.3) is 0 Å². The normalized spacial score (nSPS) is 14.9. The number of aromatic nitrogens is 1. The highest BCUT2D eigenvalue weighted by Crippen LogP contribution is 2.20. The summed E-state index contributed by atoms with van der Waals surface area (Å²) in [4.78, 5) is 11.9. The van der Waals surface area contributed by atoms with Gasteiger partial charge in [-0.2, -0.15) is 0 Å². The van der Waals surface area contributed by atoms with Gasteiger partial charge in [0.2, 0.25) is 0 Å². The number of hydrogen-bond acceptors (Lipinski definition) is 3. The minimum absolute atomic E-state index is 0. The highest BCUT2D eigenvalue weighted by atomic mass is 127. The summed E-state index contributed by atoms with van der Waals surface area (Å²) < 4.78 is 0. The molecule has 164 valence electrons. The van der Waals surface area contributed by atoms with Crippen molar-refractivity contribution >= 4 is 46.5 Å². The minimum Gasteiger partial charge on any atom is -0.357 e. The van der Waals surface area contributed by atoms with E-state index in [1.165, 1.54) is 16.3 Å². The Kier molecular flexibility index (Phi) is 8.51. The Hall–Kier alpha value is -2.35. The van der Waals surface area contributed by atoms with Crippen LogP contribution in [0.2, 0.25) is 0 Å². The number of aryl methyl sites for hydroxylation is 1. The second-order valence-electron chi connectivity index (χ2n) is 7.88. The molecule has 5 nitrogen and oxygen atoms in total. The highest BCUT2D eigenvalue weighted by Gasteiger charge is 2.21. The van der Waals surface area contributed by atoms with Gasteiger partial charge in [0.1, 0.15) is 5.82 Å². The fraction of sp³-hybridized carbons (Fsp3) is 0.360. The van der Waals surface area contributed by atoms with E-state index in [4.69, 9.17) is 4.99 Å². The zero-order valence-electron chi connectivity index (χ0n) is 18.3. The van der Waals surface area contributed by atoms with E-state index in [0.717, 1.165) is 49.9 Å². The van der Waals surface area contributed by atoms with Crippen molar-refractivity contribution in [2.45, 2.75) is 39.3 Å². The molecule has 0 spiro atoms. The summed E-state index contributed by atoms with van der Waals surface area (Å²) in [7, 11) is 0. The number of anilines is 1. The zero-order chi connectivity index (χ0) is 20.8. The molecule has 0 unspecified atom stereocenters. The van der Waals surface area contributed by atoms with Gasteiger partial charge in [-0.15, -0.1) is 24.0 Å². The predicted octanol–water partition coefficient (Wildman–Crippen LogP) is 4.89. The van der Waals surface area contributed by atoms with E-state index in [0.29, 0.717) is 12.6 Å². The van der Waals surface area contributed by atoms with Crippen molar-refractivity contribution < 1.29 is 0 Å². The molecule has 1 aromatic heterocycles. The van der Waals surface area contributed by atoms with Crippen LogP contribution in [0.25, 0.3) is 10.8 Å². The molecule has 0 saturated carbocycles. The summed E-state index contributed by atoms with van der Waals surface area (Å²) in [6, 6.07) is 21.6. The van der Waals surface area contributed by atoms with Crippen molar-refractivity contribution in [1.82, 2.24) is 15.6 Å². The first-order chi connectivity index (χ1) is 14.7. The molecule has 4 rings (SSSR count). The number of halogens is 1. The SMILES string of the molecule is CCNC(=NCc1cccc2ccccc12)NC1CCN(c2cccc(C)n2)CC1.I. The molecule has 0 bridgehead atoms. The molecule has 3 aromatic rings. The first kappa shape index (κ1) is 23.3. The van der Waals surface area contributed by atoms with E-state index in [2.05, 4.69) is 82.0 Å². The van der Waals surface area contributed by atoms with Gasteiger partial charge in [-0.25, -0.2) is 9.98 Å². The van der Waals surface area contributed by atoms with Gasteiger partial charge in [0.05, 0.1) is 6.54 Å². The van der Waals surface area contributed by atoms with Crippen LogP contribution in [0.3, 0.4) is 0 Å². The van der Waals surface area contributed by atoms with E-state index < -0.39 is 0 Å². The van der Waals surface area contributed by atoms with Gasteiger partial charge in [0, 0.05) is 31.4 Å². The van der Waals surface area contributed by atoms with Gasteiger partial charge in [0.15, 0.2) is 5.96 Å². The Morgan fingerprint density at radius 3 is 2.55 bits per heavy atom. The van der Waals surface area contributed by atoms with Crippen molar-refractivity contribution in [1.29, 1.82) is 0 Å². The predicted molar refractivity (Wildman–Crippen MR) is 142 cm³/mol. The summed E-state index contributed by atoms with van der Waals surface area (Å²) >= 11 is 0. The van der Waals surface area contributed by atoms with Crippen LogP contribution in [-0.4, -0.2) is 36.6 Å². The fourth-order valence-electron chi connectivity index (χ4n) is 4.07. The number of piperidine rings is 1. The van der Waals surface area contributed by atoms with Gasteiger partial charge in [-0.1, -0.05) is 48.5 Å². The summed E-state index contributed by atoms with van der Waals surface area (Å²) in [6.45, 7) is 7.71. The number of fused-ring (bicyclic) bond motifs is 1. The summed E-state index contributed by atoms with van der Waals surface area (Å²) in [5.74, 6) is 1.99. The molecular weight excluding hydrogens is 497 g/mol. The van der Waals surface area contributed by atoms with Crippen LogP contribution in [0.4, 0.5) is 5.82 Å². The van der Waals surface area contributed by atoms with Crippen LogP contribution in [0.5, 0.6) is 0 Å². The lowest BCUT2D eigenvalue weighted by atomic mass is 10.0. The van der Waals surface area contributed by atoms with Crippen LogP contribution < -0.4 is 15.5 Å². The van der Waals surface area contributed by atoms with Crippen molar-refractivity contribution in [3.05, 3.63) is 71.9 Å². The Morgan fingerprint density at radius 2 is 1.77 bits per heavy atom. The van der Waals surface area contributed by atoms with Gasteiger partial charge < -0.3 is 15.5 Å². The molecule has 0 radical (unpaired) electrons. The summed E-state index contributed by atoms with van der Waals surface area (Å²) in [5, 5.41) is 9.60. The smallest absolute Gasteiger partial charge is 0.191 e. The lowest BCUT2D eigenvalue weighted by Crippen LogP contribution is -2.48. The maximum atomic E-state index is 4.89. The number of aliphatic imine (C=N–C) groups is 1. The molecule has 0 atom stereocenters. The molecule has 6 heteroatoms. The quantitative estimate of drug-likeness (QED) is 0.281. The molecular formula is C25H32IN5. The van der Waals surface area contributed by atoms with Gasteiger partial charge in [-0.05, 0) is 55.2 Å². The molecule has 1 aliphatic rings. The third-order valence-electron chi connectivity index (χ3n) is 5.67. The monoisotopic (exact) mass is 529 g/mol. The van der Waals surface area contributed by atoms with E-state index >= 15 is 0 Å². The minimum atomic E-state index is 0. The molecule has 1 aliphatic heterocycles. The molecule has 1 saturated heterocycles. The largest absolute Gasteiger partial charge is 0.357 e. The molecule has 2 heterocycles. The topological polar surface area (TPSA) is 52.6 Å². The van der Waals surface area contributed by atoms with Crippen molar-refractivity contribution in [3.8, 4) is 0 Å². The molecule has 1 fully saturated rings. The maximum absolute atomic E-state index is 4.89. The van der Waals surface area contributed by atoms with Gasteiger partial charge in [-0.3, -0.25) is 0 Å². The van der Waals surface area contributed by atoms with Crippen LogP contribution in [0, 0.1) is 6.92 Å². The molecule has 31 heavy (non-hydrogen) atoms. The third-order valence-corrected chi connectivity index (χ3v) is 5.67. The number of pyridine rings is 1. The number of hydrogen-bond donors (Lipinski definition) is 2. The molecule has 2 N–H and O–H groups in total. The van der Waals surface area contributed by atoms with Crippen LogP contribution in [0.15, 0.2) is 65.7 Å². The number of nitrogens with one attached hydrogen (secondary N) is 2. The van der Waals surface area contributed by atoms with Crippen molar-refractivity contribution in [2.24, 2.45) is 4.99 Å². The number of nitrogens with zero attached hydrogens (tertiary/aromatic N) is 3. The summed E-state index contributed by atoms with van der Waals surface area (Å²) in [6.07, 6.45) is 2.16. The van der Waals surface area contributed by atoms with E-state index in [1.807, 2.05) is 13.0 Å².